The predicted octanol–water partition coefficient (Wildman–Crippen LogP) is 15.1. The number of fused-ring (bicyclic) bond motifs is 2. The third kappa shape index (κ3) is 7.81. The summed E-state index contributed by atoms with van der Waals surface area (Å²) in [6.07, 6.45) is 0. The lowest BCUT2D eigenvalue weighted by molar-refractivity contribution is 0.418. The van der Waals surface area contributed by atoms with Crippen LogP contribution in [0.5, 0.6) is 11.5 Å². The number of aryl methyl sites for hydroxylation is 4. The summed E-state index contributed by atoms with van der Waals surface area (Å²) in [5, 5.41) is 0. The van der Waals surface area contributed by atoms with E-state index in [1.165, 1.54) is 0 Å². The van der Waals surface area contributed by atoms with Gasteiger partial charge in [0.05, 0.1) is 0 Å². The highest BCUT2D eigenvalue weighted by Gasteiger charge is 2.35. The Morgan fingerprint density at radius 1 is 0.294 bits per heavy atom. The number of benzene rings is 8. The molecule has 8 aromatic carbocycles. The fourth-order valence-electron chi connectivity index (χ4n) is 9.30. The summed E-state index contributed by atoms with van der Waals surface area (Å²) in [5.74, 6) is 5.56. The van der Waals surface area contributed by atoms with E-state index in [-0.39, 0.29) is 5.41 Å². The van der Waals surface area contributed by atoms with Crippen LogP contribution in [0.15, 0.2) is 182 Å². The molecule has 7 heteroatoms. The van der Waals surface area contributed by atoms with E-state index in [9.17, 15) is 0 Å². The molecule has 0 bridgehead atoms. The molecule has 11 rings (SSSR count). The minimum absolute atomic E-state index is 0.387. The quantitative estimate of drug-likeness (QED) is 0.150. The summed E-state index contributed by atoms with van der Waals surface area (Å²) >= 11 is 0. The van der Waals surface area contributed by atoms with Gasteiger partial charge in [0, 0.05) is 49.9 Å². The lowest BCUT2D eigenvalue weighted by Crippen LogP contribution is -2.24. The van der Waals surface area contributed by atoms with E-state index in [1.54, 1.807) is 0 Å². The van der Waals surface area contributed by atoms with E-state index in [4.69, 9.17) is 34.6 Å². The highest BCUT2D eigenvalue weighted by molar-refractivity contribution is 5.78. The van der Waals surface area contributed by atoms with Gasteiger partial charge in [-0.3, -0.25) is 0 Å². The van der Waals surface area contributed by atoms with E-state index in [0.717, 1.165) is 101 Å². The SMILES string of the molecule is Cc1ccccc1-c1nc(-c2cccc(-c3ccc4c(c3)C(C)(C)c3cc(-c5cccc(-c6nc(-c7ccccc7C)nc(-c7ccccc7C)n6)c5)ccc3O4)c2)nc(-c2ccccc2C)n1. The van der Waals surface area contributed by atoms with Gasteiger partial charge in [-0.1, -0.05) is 159 Å². The molecule has 0 unspecified atom stereocenters. The Hall–Kier alpha value is -8.42. The van der Waals surface area contributed by atoms with Crippen LogP contribution in [0.4, 0.5) is 0 Å². The molecule has 10 aromatic rings. The molecule has 0 saturated heterocycles. The molecule has 3 heterocycles. The second-order valence-electron chi connectivity index (χ2n) is 18.2. The van der Waals surface area contributed by atoms with Crippen molar-refractivity contribution in [3.05, 3.63) is 215 Å². The van der Waals surface area contributed by atoms with E-state index >= 15 is 0 Å². The van der Waals surface area contributed by atoms with Crippen molar-refractivity contribution in [3.63, 3.8) is 0 Å². The largest absolute Gasteiger partial charge is 0.457 e. The maximum atomic E-state index is 6.69. The first-order chi connectivity index (χ1) is 33.1. The second-order valence-corrected chi connectivity index (χ2v) is 18.2. The van der Waals surface area contributed by atoms with Crippen molar-refractivity contribution in [2.24, 2.45) is 0 Å². The fraction of sp³-hybridized carbons (Fsp3) is 0.115. The van der Waals surface area contributed by atoms with Gasteiger partial charge >= 0.3 is 0 Å². The van der Waals surface area contributed by atoms with Crippen molar-refractivity contribution < 1.29 is 4.74 Å². The number of aromatic nitrogens is 6. The standard InChI is InChI=1S/C61H48N6O/c1-37-17-7-11-25-47(37)57-62-55(63-58(66-57)48-26-12-8-18-38(48)2)45-23-15-21-41(33-45)43-29-31-53-51(35-43)61(5,6)52-36-44(30-32-54(52)68-53)42-22-16-24-46(34-42)56-64-59(49-27-13-9-19-39(49)3)67-60(65-56)50-28-14-10-20-40(50)4/h7-36H,1-6H3. The Morgan fingerprint density at radius 3 is 0.926 bits per heavy atom. The zero-order chi connectivity index (χ0) is 46.5. The second kappa shape index (κ2) is 17.1. The average molecular weight is 881 g/mol. The minimum atomic E-state index is -0.387. The lowest BCUT2D eigenvalue weighted by Gasteiger charge is -2.35. The zero-order valence-electron chi connectivity index (χ0n) is 38.9. The van der Waals surface area contributed by atoms with Crippen LogP contribution in [0, 0.1) is 27.7 Å². The molecule has 0 aliphatic carbocycles. The first-order valence-corrected chi connectivity index (χ1v) is 23.0. The highest BCUT2D eigenvalue weighted by atomic mass is 16.5. The number of hydrogen-bond donors (Lipinski definition) is 0. The first kappa shape index (κ1) is 42.2. The predicted molar refractivity (Wildman–Crippen MR) is 274 cm³/mol. The molecular weight excluding hydrogens is 833 g/mol. The van der Waals surface area contributed by atoms with Crippen molar-refractivity contribution in [2.75, 3.05) is 0 Å². The van der Waals surface area contributed by atoms with Crippen molar-refractivity contribution in [3.8, 4) is 102 Å². The van der Waals surface area contributed by atoms with Crippen LogP contribution in [0.1, 0.15) is 47.2 Å². The van der Waals surface area contributed by atoms with Crippen molar-refractivity contribution in [1.29, 1.82) is 0 Å². The van der Waals surface area contributed by atoms with Crippen LogP contribution in [0.25, 0.3) is 90.6 Å². The third-order valence-corrected chi connectivity index (χ3v) is 13.2. The zero-order valence-corrected chi connectivity index (χ0v) is 38.9. The molecule has 68 heavy (non-hydrogen) atoms. The normalized spacial score (nSPS) is 12.5. The molecule has 0 N–H and O–H groups in total. The van der Waals surface area contributed by atoms with Gasteiger partial charge in [0.2, 0.25) is 0 Å². The van der Waals surface area contributed by atoms with Gasteiger partial charge < -0.3 is 4.74 Å². The molecule has 0 saturated carbocycles. The monoisotopic (exact) mass is 880 g/mol. The number of rotatable bonds is 8. The summed E-state index contributed by atoms with van der Waals surface area (Å²) in [6.45, 7) is 12.9. The number of nitrogens with zero attached hydrogens (tertiary/aromatic N) is 6. The summed E-state index contributed by atoms with van der Waals surface area (Å²) in [4.78, 5) is 30.4. The minimum Gasteiger partial charge on any atom is -0.457 e. The first-order valence-electron chi connectivity index (χ1n) is 23.0. The number of ether oxygens (including phenoxy) is 1. The summed E-state index contributed by atoms with van der Waals surface area (Å²) in [6, 6.07) is 62.9. The van der Waals surface area contributed by atoms with Crippen LogP contribution in [0.2, 0.25) is 0 Å². The van der Waals surface area contributed by atoms with E-state index in [2.05, 4.69) is 175 Å². The molecule has 0 amide bonds. The Balaban J connectivity index is 0.941. The average Bonchev–Trinajstić information content (AvgIpc) is 3.36. The molecule has 0 fully saturated rings. The van der Waals surface area contributed by atoms with Gasteiger partial charge in [-0.15, -0.1) is 0 Å². The van der Waals surface area contributed by atoms with Crippen molar-refractivity contribution in [1.82, 2.24) is 29.9 Å². The molecule has 1 aliphatic heterocycles. The Morgan fingerprint density at radius 2 is 0.588 bits per heavy atom. The summed E-state index contributed by atoms with van der Waals surface area (Å²) < 4.78 is 6.69. The van der Waals surface area contributed by atoms with Crippen molar-refractivity contribution in [2.45, 2.75) is 47.0 Å². The van der Waals surface area contributed by atoms with Gasteiger partial charge in [-0.25, -0.2) is 29.9 Å². The fourth-order valence-corrected chi connectivity index (χ4v) is 9.30. The molecule has 7 nitrogen and oxygen atoms in total. The van der Waals surface area contributed by atoms with Gasteiger partial charge in [0.15, 0.2) is 34.9 Å². The van der Waals surface area contributed by atoms with Crippen molar-refractivity contribution >= 4 is 0 Å². The Kier molecular flexibility index (Phi) is 10.6. The summed E-state index contributed by atoms with van der Waals surface area (Å²) in [7, 11) is 0. The summed E-state index contributed by atoms with van der Waals surface area (Å²) in [5.41, 5.74) is 16.3. The molecule has 1 aliphatic rings. The van der Waals surface area contributed by atoms with Gasteiger partial charge in [-0.2, -0.15) is 0 Å². The van der Waals surface area contributed by atoms with Gasteiger partial charge in [0.1, 0.15) is 11.5 Å². The molecule has 2 aromatic heterocycles. The Labute approximate surface area is 397 Å². The van der Waals surface area contributed by atoms with E-state index < -0.39 is 0 Å². The highest BCUT2D eigenvalue weighted by Crippen LogP contribution is 2.50. The lowest BCUT2D eigenvalue weighted by atomic mass is 9.74. The van der Waals surface area contributed by atoms with Gasteiger partial charge in [-0.05, 0) is 109 Å². The maximum absolute atomic E-state index is 6.69. The van der Waals surface area contributed by atoms with Gasteiger partial charge in [0.25, 0.3) is 0 Å². The van der Waals surface area contributed by atoms with Crippen LogP contribution < -0.4 is 4.74 Å². The molecular formula is C61H48N6O. The topological polar surface area (TPSA) is 86.6 Å². The van der Waals surface area contributed by atoms with E-state index in [1.807, 2.05) is 48.5 Å². The van der Waals surface area contributed by atoms with E-state index in [0.29, 0.717) is 34.9 Å². The van der Waals surface area contributed by atoms with Crippen LogP contribution >= 0.6 is 0 Å². The molecule has 0 atom stereocenters. The molecule has 328 valence electrons. The maximum Gasteiger partial charge on any atom is 0.164 e. The Bertz CT molecular complexity index is 3230. The third-order valence-electron chi connectivity index (χ3n) is 13.2. The van der Waals surface area contributed by atoms with Crippen LogP contribution in [-0.2, 0) is 5.41 Å². The van der Waals surface area contributed by atoms with Crippen LogP contribution in [-0.4, -0.2) is 29.9 Å². The molecule has 0 spiro atoms. The number of hydrogen-bond acceptors (Lipinski definition) is 7. The van der Waals surface area contributed by atoms with Crippen LogP contribution in [0.3, 0.4) is 0 Å². The smallest absolute Gasteiger partial charge is 0.164 e. The molecule has 0 radical (unpaired) electrons.